The van der Waals surface area contributed by atoms with Gasteiger partial charge in [-0.15, -0.1) is 5.10 Å². The standard InChI is InChI=1S/C15H11Cl2N5O/c1-9-19-14(15(23)20-12-6-3-7-18-13(12)17)21-22(9)11-5-2-4-10(16)8-11/h2-8H,1H3,(H,20,23). The van der Waals surface area contributed by atoms with E-state index >= 15 is 0 Å². The molecule has 1 amide bonds. The number of nitrogens with zero attached hydrogens (tertiary/aromatic N) is 4. The minimum atomic E-state index is -0.469. The van der Waals surface area contributed by atoms with Crippen molar-refractivity contribution in [1.82, 2.24) is 19.7 Å². The highest BCUT2D eigenvalue weighted by Crippen LogP contribution is 2.19. The summed E-state index contributed by atoms with van der Waals surface area (Å²) in [6.45, 7) is 1.75. The molecule has 1 N–H and O–H groups in total. The van der Waals surface area contributed by atoms with Gasteiger partial charge in [0.2, 0.25) is 5.82 Å². The molecule has 8 heteroatoms. The number of carbonyl (C=O) groups is 1. The van der Waals surface area contributed by atoms with Crippen LogP contribution in [0.2, 0.25) is 10.2 Å². The highest BCUT2D eigenvalue weighted by molar-refractivity contribution is 6.32. The smallest absolute Gasteiger partial charge is 0.295 e. The molecule has 0 unspecified atom stereocenters. The van der Waals surface area contributed by atoms with Crippen molar-refractivity contribution in [3.63, 3.8) is 0 Å². The summed E-state index contributed by atoms with van der Waals surface area (Å²) in [5.41, 5.74) is 1.12. The molecule has 6 nitrogen and oxygen atoms in total. The van der Waals surface area contributed by atoms with Crippen LogP contribution in [0.3, 0.4) is 0 Å². The quantitative estimate of drug-likeness (QED) is 0.735. The van der Waals surface area contributed by atoms with Crippen LogP contribution in [0.15, 0.2) is 42.6 Å². The maximum Gasteiger partial charge on any atom is 0.295 e. The number of rotatable bonds is 3. The molecule has 0 bridgehead atoms. The lowest BCUT2D eigenvalue weighted by Gasteiger charge is -2.04. The molecule has 0 aliphatic rings. The Morgan fingerprint density at radius 1 is 1.22 bits per heavy atom. The van der Waals surface area contributed by atoms with Crippen LogP contribution in [-0.2, 0) is 0 Å². The summed E-state index contributed by atoms with van der Waals surface area (Å²) in [5, 5.41) is 7.63. The van der Waals surface area contributed by atoms with Crippen molar-refractivity contribution >= 4 is 34.8 Å². The number of benzene rings is 1. The zero-order valence-electron chi connectivity index (χ0n) is 12.0. The van der Waals surface area contributed by atoms with Gasteiger partial charge < -0.3 is 5.32 Å². The Labute approximate surface area is 142 Å². The first-order chi connectivity index (χ1) is 11.0. The number of aryl methyl sites for hydroxylation is 1. The summed E-state index contributed by atoms with van der Waals surface area (Å²) >= 11 is 11.9. The summed E-state index contributed by atoms with van der Waals surface area (Å²) in [6, 6.07) is 10.4. The first-order valence-corrected chi connectivity index (χ1v) is 7.41. The maximum absolute atomic E-state index is 12.3. The van der Waals surface area contributed by atoms with E-state index in [1.807, 2.05) is 6.07 Å². The lowest BCUT2D eigenvalue weighted by atomic mass is 10.3. The molecule has 23 heavy (non-hydrogen) atoms. The number of anilines is 1. The summed E-state index contributed by atoms with van der Waals surface area (Å²) in [7, 11) is 0. The van der Waals surface area contributed by atoms with E-state index in [9.17, 15) is 4.79 Å². The average molecular weight is 348 g/mol. The minimum Gasteiger partial charge on any atom is -0.317 e. The van der Waals surface area contributed by atoms with Crippen molar-refractivity contribution in [3.8, 4) is 5.69 Å². The largest absolute Gasteiger partial charge is 0.317 e. The molecule has 3 rings (SSSR count). The molecular formula is C15H11Cl2N5O. The van der Waals surface area contributed by atoms with Crippen LogP contribution in [0.1, 0.15) is 16.4 Å². The highest BCUT2D eigenvalue weighted by atomic mass is 35.5. The lowest BCUT2D eigenvalue weighted by Crippen LogP contribution is -2.14. The summed E-state index contributed by atoms with van der Waals surface area (Å²) < 4.78 is 1.55. The second-order valence-electron chi connectivity index (χ2n) is 4.67. The van der Waals surface area contributed by atoms with Gasteiger partial charge in [0, 0.05) is 11.2 Å². The van der Waals surface area contributed by atoms with E-state index in [1.165, 1.54) is 6.20 Å². The molecule has 1 aromatic carbocycles. The topological polar surface area (TPSA) is 72.7 Å². The van der Waals surface area contributed by atoms with Gasteiger partial charge in [0.1, 0.15) is 5.82 Å². The van der Waals surface area contributed by atoms with Crippen molar-refractivity contribution in [3.05, 3.63) is 64.4 Å². The van der Waals surface area contributed by atoms with Crippen LogP contribution < -0.4 is 5.32 Å². The van der Waals surface area contributed by atoms with Gasteiger partial charge in [-0.2, -0.15) is 0 Å². The number of carbonyl (C=O) groups excluding carboxylic acids is 1. The van der Waals surface area contributed by atoms with Gasteiger partial charge in [-0.3, -0.25) is 4.79 Å². The van der Waals surface area contributed by atoms with E-state index in [-0.39, 0.29) is 11.0 Å². The Bertz CT molecular complexity index is 878. The zero-order valence-corrected chi connectivity index (χ0v) is 13.5. The van der Waals surface area contributed by atoms with Gasteiger partial charge in [-0.25, -0.2) is 14.6 Å². The van der Waals surface area contributed by atoms with Gasteiger partial charge in [0.25, 0.3) is 5.91 Å². The van der Waals surface area contributed by atoms with Crippen molar-refractivity contribution < 1.29 is 4.79 Å². The summed E-state index contributed by atoms with van der Waals surface area (Å²) in [6.07, 6.45) is 1.54. The highest BCUT2D eigenvalue weighted by Gasteiger charge is 2.16. The predicted molar refractivity (Wildman–Crippen MR) is 88.3 cm³/mol. The summed E-state index contributed by atoms with van der Waals surface area (Å²) in [5.74, 6) is 0.126. The van der Waals surface area contributed by atoms with Crippen LogP contribution in [0.4, 0.5) is 5.69 Å². The van der Waals surface area contributed by atoms with Crippen molar-refractivity contribution in [1.29, 1.82) is 0 Å². The lowest BCUT2D eigenvalue weighted by molar-refractivity contribution is 0.101. The first kappa shape index (κ1) is 15.5. The van der Waals surface area contributed by atoms with Gasteiger partial charge in [-0.1, -0.05) is 29.3 Å². The average Bonchev–Trinajstić information content (AvgIpc) is 2.92. The molecule has 0 saturated heterocycles. The van der Waals surface area contributed by atoms with Crippen LogP contribution in [-0.4, -0.2) is 25.7 Å². The minimum absolute atomic E-state index is 0.0300. The van der Waals surface area contributed by atoms with E-state index in [2.05, 4.69) is 20.4 Å². The molecule has 2 heterocycles. The number of hydrogen-bond donors (Lipinski definition) is 1. The molecule has 0 radical (unpaired) electrons. The molecule has 3 aromatic rings. The zero-order chi connectivity index (χ0) is 16.4. The molecule has 0 aliphatic carbocycles. The normalized spacial score (nSPS) is 10.6. The van der Waals surface area contributed by atoms with E-state index in [0.717, 1.165) is 5.69 Å². The van der Waals surface area contributed by atoms with Gasteiger partial charge in [0.05, 0.1) is 11.4 Å². The number of hydrogen-bond acceptors (Lipinski definition) is 4. The van der Waals surface area contributed by atoms with E-state index in [0.29, 0.717) is 16.5 Å². The second kappa shape index (κ2) is 6.36. The fourth-order valence-electron chi connectivity index (χ4n) is 2.00. The Hall–Kier alpha value is -2.44. The number of amides is 1. The fraction of sp³-hybridized carbons (Fsp3) is 0.0667. The Balaban J connectivity index is 1.89. The number of halogens is 2. The molecule has 0 aliphatic heterocycles. The molecule has 0 spiro atoms. The second-order valence-corrected chi connectivity index (χ2v) is 5.46. The monoisotopic (exact) mass is 347 g/mol. The molecule has 116 valence electrons. The molecular weight excluding hydrogens is 337 g/mol. The van der Waals surface area contributed by atoms with Crippen molar-refractivity contribution in [2.24, 2.45) is 0 Å². The Kier molecular flexibility index (Phi) is 4.27. The summed E-state index contributed by atoms with van der Waals surface area (Å²) in [4.78, 5) is 20.3. The third kappa shape index (κ3) is 3.33. The van der Waals surface area contributed by atoms with Crippen LogP contribution in [0.25, 0.3) is 5.69 Å². The molecule has 2 aromatic heterocycles. The van der Waals surface area contributed by atoms with Crippen LogP contribution in [0.5, 0.6) is 0 Å². The van der Waals surface area contributed by atoms with Gasteiger partial charge in [-0.05, 0) is 37.3 Å². The fourth-order valence-corrected chi connectivity index (χ4v) is 2.35. The molecule has 0 fully saturated rings. The number of pyridine rings is 1. The van der Waals surface area contributed by atoms with Crippen LogP contribution >= 0.6 is 23.2 Å². The first-order valence-electron chi connectivity index (χ1n) is 6.66. The van der Waals surface area contributed by atoms with E-state index < -0.39 is 5.91 Å². The third-order valence-electron chi connectivity index (χ3n) is 3.03. The number of aromatic nitrogens is 4. The molecule has 0 atom stereocenters. The van der Waals surface area contributed by atoms with Gasteiger partial charge in [0.15, 0.2) is 5.15 Å². The predicted octanol–water partition coefficient (Wildman–Crippen LogP) is 3.53. The maximum atomic E-state index is 12.3. The Morgan fingerprint density at radius 2 is 2.04 bits per heavy atom. The van der Waals surface area contributed by atoms with Gasteiger partial charge >= 0.3 is 0 Å². The van der Waals surface area contributed by atoms with E-state index in [1.54, 1.807) is 41.9 Å². The SMILES string of the molecule is Cc1nc(C(=O)Nc2cccnc2Cl)nn1-c1cccc(Cl)c1. The number of nitrogens with one attached hydrogen (secondary N) is 1. The third-order valence-corrected chi connectivity index (χ3v) is 3.57. The molecule has 0 saturated carbocycles. The Morgan fingerprint density at radius 3 is 2.78 bits per heavy atom. The van der Waals surface area contributed by atoms with Crippen molar-refractivity contribution in [2.45, 2.75) is 6.92 Å². The van der Waals surface area contributed by atoms with Crippen LogP contribution in [0, 0.1) is 6.92 Å². The van der Waals surface area contributed by atoms with E-state index in [4.69, 9.17) is 23.2 Å². The van der Waals surface area contributed by atoms with Crippen molar-refractivity contribution in [2.75, 3.05) is 5.32 Å².